The van der Waals surface area contributed by atoms with E-state index >= 15 is 0 Å². The molecule has 0 aromatic heterocycles. The van der Waals surface area contributed by atoms with Crippen LogP contribution in [0.5, 0.6) is 0 Å². The molecule has 1 rings (SSSR count). The fourth-order valence-corrected chi connectivity index (χ4v) is 3.87. The summed E-state index contributed by atoms with van der Waals surface area (Å²) in [5, 5.41) is 3.31. The molecular formula is C12H26IN3O2S2. The van der Waals surface area contributed by atoms with Crippen LogP contribution in [-0.2, 0) is 9.84 Å². The molecule has 5 nitrogen and oxygen atoms in total. The first-order valence-corrected chi connectivity index (χ1v) is 9.55. The van der Waals surface area contributed by atoms with Gasteiger partial charge in [0.15, 0.2) is 15.8 Å². The Labute approximate surface area is 144 Å². The molecule has 1 aliphatic heterocycles. The summed E-state index contributed by atoms with van der Waals surface area (Å²) in [6.45, 7) is 5.47. The number of aliphatic imine (C=N–C) groups is 1. The maximum Gasteiger partial charge on any atom is 0.193 e. The molecule has 0 radical (unpaired) electrons. The molecule has 0 saturated carbocycles. The summed E-state index contributed by atoms with van der Waals surface area (Å²) in [6.07, 6.45) is 3.17. The van der Waals surface area contributed by atoms with Crippen LogP contribution in [0.1, 0.15) is 20.3 Å². The normalized spacial score (nSPS) is 21.2. The zero-order valence-corrected chi connectivity index (χ0v) is 16.6. The molecule has 1 N–H and O–H groups in total. The molecule has 20 heavy (non-hydrogen) atoms. The van der Waals surface area contributed by atoms with Crippen LogP contribution in [0.4, 0.5) is 0 Å². The van der Waals surface area contributed by atoms with E-state index in [0.29, 0.717) is 13.1 Å². The summed E-state index contributed by atoms with van der Waals surface area (Å²) >= 11 is 1.82. The Morgan fingerprint density at radius 3 is 2.60 bits per heavy atom. The fourth-order valence-electron chi connectivity index (χ4n) is 2.07. The molecule has 1 aliphatic rings. The lowest BCUT2D eigenvalue weighted by Gasteiger charge is -2.39. The monoisotopic (exact) mass is 435 g/mol. The highest BCUT2D eigenvalue weighted by molar-refractivity contribution is 14.0. The van der Waals surface area contributed by atoms with E-state index in [4.69, 9.17) is 0 Å². The maximum atomic E-state index is 12.0. The summed E-state index contributed by atoms with van der Waals surface area (Å²) in [4.78, 5) is 6.29. The van der Waals surface area contributed by atoms with Gasteiger partial charge in [0.25, 0.3) is 0 Å². The summed E-state index contributed by atoms with van der Waals surface area (Å²) in [5.41, 5.74) is 0. The SMILES string of the molecule is CN=C(NCCCSC)N1CCS(=O)(=O)C(C)(C)C1.I. The zero-order valence-electron chi connectivity index (χ0n) is 12.7. The third kappa shape index (κ3) is 5.25. The van der Waals surface area contributed by atoms with Gasteiger partial charge in [0.05, 0.1) is 10.5 Å². The standard InChI is InChI=1S/C12H25N3O2S2.HI/c1-12(2)10-15(7-9-19(12,16)17)11(13-3)14-6-5-8-18-4;/h5-10H2,1-4H3,(H,13,14);1H. The Bertz CT molecular complexity index is 424. The Kier molecular flexibility index (Phi) is 8.80. The molecule has 0 bridgehead atoms. The molecule has 0 atom stereocenters. The second-order valence-corrected chi connectivity index (χ2v) is 9.05. The molecule has 8 heteroatoms. The van der Waals surface area contributed by atoms with Gasteiger partial charge in [0.2, 0.25) is 0 Å². The van der Waals surface area contributed by atoms with E-state index in [9.17, 15) is 8.42 Å². The number of rotatable bonds is 4. The molecule has 0 amide bonds. The molecule has 0 unspecified atom stereocenters. The predicted molar refractivity (Wildman–Crippen MR) is 99.2 cm³/mol. The predicted octanol–water partition coefficient (Wildman–Crippen LogP) is 1.44. The van der Waals surface area contributed by atoms with Gasteiger partial charge in [-0.3, -0.25) is 4.99 Å². The van der Waals surface area contributed by atoms with E-state index in [1.165, 1.54) is 0 Å². The first-order chi connectivity index (χ1) is 8.84. The minimum Gasteiger partial charge on any atom is -0.356 e. The van der Waals surface area contributed by atoms with Crippen LogP contribution < -0.4 is 5.32 Å². The number of halogens is 1. The van der Waals surface area contributed by atoms with Crippen molar-refractivity contribution < 1.29 is 8.42 Å². The molecule has 0 spiro atoms. The van der Waals surface area contributed by atoms with Crippen molar-refractivity contribution in [2.45, 2.75) is 25.0 Å². The molecule has 1 heterocycles. The number of hydrogen-bond acceptors (Lipinski definition) is 4. The largest absolute Gasteiger partial charge is 0.356 e. The molecule has 0 aromatic carbocycles. The van der Waals surface area contributed by atoms with Crippen molar-refractivity contribution in [1.29, 1.82) is 0 Å². The number of nitrogens with zero attached hydrogens (tertiary/aromatic N) is 2. The van der Waals surface area contributed by atoms with Gasteiger partial charge in [-0.25, -0.2) is 8.42 Å². The average molecular weight is 435 g/mol. The topological polar surface area (TPSA) is 61.8 Å². The molecule has 0 aliphatic carbocycles. The van der Waals surface area contributed by atoms with Gasteiger partial charge in [-0.1, -0.05) is 0 Å². The van der Waals surface area contributed by atoms with E-state index in [1.54, 1.807) is 20.9 Å². The lowest BCUT2D eigenvalue weighted by atomic mass is 10.2. The van der Waals surface area contributed by atoms with Gasteiger partial charge in [-0.05, 0) is 32.3 Å². The van der Waals surface area contributed by atoms with Gasteiger partial charge in [0, 0.05) is 26.7 Å². The molecular weight excluding hydrogens is 409 g/mol. The Hall–Kier alpha value is 0.300. The third-order valence-electron chi connectivity index (χ3n) is 3.36. The van der Waals surface area contributed by atoms with Crippen LogP contribution in [0.3, 0.4) is 0 Å². The van der Waals surface area contributed by atoms with Crippen molar-refractivity contribution in [1.82, 2.24) is 10.2 Å². The van der Waals surface area contributed by atoms with Crippen molar-refractivity contribution in [3.8, 4) is 0 Å². The number of thioether (sulfide) groups is 1. The van der Waals surface area contributed by atoms with Crippen molar-refractivity contribution in [3.05, 3.63) is 0 Å². The van der Waals surface area contributed by atoms with Gasteiger partial charge in [-0.15, -0.1) is 24.0 Å². The molecule has 1 saturated heterocycles. The maximum absolute atomic E-state index is 12.0. The van der Waals surface area contributed by atoms with E-state index in [-0.39, 0.29) is 29.7 Å². The molecule has 0 aromatic rings. The summed E-state index contributed by atoms with van der Waals surface area (Å²) in [6, 6.07) is 0. The molecule has 1 fully saturated rings. The third-order valence-corrected chi connectivity index (χ3v) is 6.59. The summed E-state index contributed by atoms with van der Waals surface area (Å²) in [7, 11) is -1.25. The second kappa shape index (κ2) is 8.67. The Morgan fingerprint density at radius 2 is 2.10 bits per heavy atom. The average Bonchev–Trinajstić information content (AvgIpc) is 2.33. The van der Waals surface area contributed by atoms with E-state index in [2.05, 4.69) is 16.6 Å². The van der Waals surface area contributed by atoms with Crippen LogP contribution in [0.2, 0.25) is 0 Å². The van der Waals surface area contributed by atoms with Crippen LogP contribution in [0.15, 0.2) is 4.99 Å². The summed E-state index contributed by atoms with van der Waals surface area (Å²) < 4.78 is 23.2. The summed E-state index contributed by atoms with van der Waals surface area (Å²) in [5.74, 6) is 2.12. The molecule has 120 valence electrons. The van der Waals surface area contributed by atoms with E-state index in [1.807, 2.05) is 16.7 Å². The first kappa shape index (κ1) is 20.3. The zero-order chi connectivity index (χ0) is 14.5. The van der Waals surface area contributed by atoms with Crippen molar-refractivity contribution in [3.63, 3.8) is 0 Å². The van der Waals surface area contributed by atoms with E-state index < -0.39 is 14.6 Å². The highest BCUT2D eigenvalue weighted by Crippen LogP contribution is 2.23. The van der Waals surface area contributed by atoms with E-state index in [0.717, 1.165) is 24.7 Å². The van der Waals surface area contributed by atoms with Crippen LogP contribution in [0, 0.1) is 0 Å². The minimum absolute atomic E-state index is 0. The lowest BCUT2D eigenvalue weighted by molar-refractivity contribution is 0.353. The van der Waals surface area contributed by atoms with Crippen LogP contribution in [0.25, 0.3) is 0 Å². The van der Waals surface area contributed by atoms with Gasteiger partial charge >= 0.3 is 0 Å². The number of sulfone groups is 1. The van der Waals surface area contributed by atoms with Gasteiger partial charge in [-0.2, -0.15) is 11.8 Å². The van der Waals surface area contributed by atoms with Crippen molar-refractivity contribution >= 4 is 51.5 Å². The minimum atomic E-state index is -2.99. The van der Waals surface area contributed by atoms with Crippen LogP contribution >= 0.6 is 35.7 Å². The Morgan fingerprint density at radius 1 is 1.45 bits per heavy atom. The number of nitrogens with one attached hydrogen (secondary N) is 1. The highest BCUT2D eigenvalue weighted by atomic mass is 127. The van der Waals surface area contributed by atoms with Crippen molar-refractivity contribution in [2.75, 3.05) is 44.4 Å². The highest BCUT2D eigenvalue weighted by Gasteiger charge is 2.40. The second-order valence-electron chi connectivity index (χ2n) is 5.32. The fraction of sp³-hybridized carbons (Fsp3) is 0.917. The van der Waals surface area contributed by atoms with Gasteiger partial charge in [0.1, 0.15) is 0 Å². The van der Waals surface area contributed by atoms with Gasteiger partial charge < -0.3 is 10.2 Å². The Balaban J connectivity index is 0.00000361. The quantitative estimate of drug-likeness (QED) is 0.314. The number of hydrogen-bond donors (Lipinski definition) is 1. The lowest BCUT2D eigenvalue weighted by Crippen LogP contribution is -2.57. The number of guanidine groups is 1. The first-order valence-electron chi connectivity index (χ1n) is 6.51. The smallest absolute Gasteiger partial charge is 0.193 e. The van der Waals surface area contributed by atoms with Crippen molar-refractivity contribution in [2.24, 2.45) is 4.99 Å². The van der Waals surface area contributed by atoms with Crippen LogP contribution in [-0.4, -0.2) is 68.5 Å².